The van der Waals surface area contributed by atoms with Crippen LogP contribution in [-0.4, -0.2) is 9.55 Å². The Labute approximate surface area is 109 Å². The van der Waals surface area contributed by atoms with Crippen molar-refractivity contribution in [3.8, 4) is 0 Å². The molecule has 102 valence electrons. The van der Waals surface area contributed by atoms with E-state index in [0.717, 1.165) is 5.76 Å². The molecule has 0 saturated carbocycles. The van der Waals surface area contributed by atoms with Gasteiger partial charge in [-0.05, 0) is 26.0 Å². The van der Waals surface area contributed by atoms with Crippen LogP contribution in [0.15, 0.2) is 26.1 Å². The van der Waals surface area contributed by atoms with Crippen LogP contribution in [0.2, 0.25) is 0 Å². The lowest BCUT2D eigenvalue weighted by Crippen LogP contribution is -2.32. The third-order valence-electron chi connectivity index (χ3n) is 2.92. The largest absolute Gasteiger partial charge is 0.464 e. The molecule has 0 bridgehead atoms. The summed E-state index contributed by atoms with van der Waals surface area (Å²) in [5.74, 6) is 1.56. The minimum Gasteiger partial charge on any atom is -0.464 e. The van der Waals surface area contributed by atoms with Gasteiger partial charge in [0.1, 0.15) is 23.0 Å². The molecule has 0 fully saturated rings. The number of aryl methyl sites for hydroxylation is 1. The number of rotatable bonds is 3. The fourth-order valence-electron chi connectivity index (χ4n) is 1.75. The van der Waals surface area contributed by atoms with Crippen LogP contribution in [0.5, 0.6) is 0 Å². The van der Waals surface area contributed by atoms with Crippen molar-refractivity contribution in [2.24, 2.45) is 7.05 Å². The number of H-pyrrole nitrogens is 1. The molecular formula is C12H16N4O3. The summed E-state index contributed by atoms with van der Waals surface area (Å²) < 4.78 is 6.64. The summed E-state index contributed by atoms with van der Waals surface area (Å²) in [5, 5.41) is 2.95. The van der Waals surface area contributed by atoms with Crippen molar-refractivity contribution in [2.75, 3.05) is 11.1 Å². The second-order valence-corrected chi connectivity index (χ2v) is 4.39. The van der Waals surface area contributed by atoms with Crippen LogP contribution in [-0.2, 0) is 7.05 Å². The van der Waals surface area contributed by atoms with Crippen LogP contribution in [0.4, 0.5) is 11.5 Å². The second-order valence-electron chi connectivity index (χ2n) is 4.39. The van der Waals surface area contributed by atoms with E-state index in [-0.39, 0.29) is 17.5 Å². The van der Waals surface area contributed by atoms with Gasteiger partial charge in [0.25, 0.3) is 5.56 Å². The molecule has 2 heterocycles. The summed E-state index contributed by atoms with van der Waals surface area (Å²) in [4.78, 5) is 25.3. The normalized spacial score (nSPS) is 12.4. The number of nitrogens with one attached hydrogen (secondary N) is 2. The van der Waals surface area contributed by atoms with Crippen LogP contribution in [0.1, 0.15) is 24.5 Å². The van der Waals surface area contributed by atoms with E-state index in [1.54, 1.807) is 0 Å². The van der Waals surface area contributed by atoms with Crippen LogP contribution in [0.3, 0.4) is 0 Å². The lowest BCUT2D eigenvalue weighted by atomic mass is 10.2. The number of aromatic amines is 1. The first-order valence-electron chi connectivity index (χ1n) is 5.81. The summed E-state index contributed by atoms with van der Waals surface area (Å²) in [6, 6.07) is 3.41. The molecule has 19 heavy (non-hydrogen) atoms. The van der Waals surface area contributed by atoms with Gasteiger partial charge in [-0.1, -0.05) is 0 Å². The third kappa shape index (κ3) is 2.40. The molecule has 0 amide bonds. The summed E-state index contributed by atoms with van der Waals surface area (Å²) in [5.41, 5.74) is 4.83. The Kier molecular flexibility index (Phi) is 3.20. The quantitative estimate of drug-likeness (QED) is 0.757. The summed E-state index contributed by atoms with van der Waals surface area (Å²) in [6.07, 6.45) is 0. The van der Waals surface area contributed by atoms with Crippen LogP contribution < -0.4 is 22.3 Å². The van der Waals surface area contributed by atoms with Crippen molar-refractivity contribution in [2.45, 2.75) is 19.9 Å². The average Bonchev–Trinajstić information content (AvgIpc) is 2.78. The van der Waals surface area contributed by atoms with Crippen LogP contribution in [0.25, 0.3) is 0 Å². The summed E-state index contributed by atoms with van der Waals surface area (Å²) in [7, 11) is 1.49. The number of nitrogens with two attached hydrogens (primary N) is 1. The summed E-state index contributed by atoms with van der Waals surface area (Å²) in [6.45, 7) is 3.67. The molecule has 0 aliphatic carbocycles. The highest BCUT2D eigenvalue weighted by Crippen LogP contribution is 2.21. The predicted molar refractivity (Wildman–Crippen MR) is 72.2 cm³/mol. The van der Waals surface area contributed by atoms with Crippen molar-refractivity contribution in [3.05, 3.63) is 44.5 Å². The lowest BCUT2D eigenvalue weighted by molar-refractivity contribution is 0.466. The average molecular weight is 264 g/mol. The zero-order valence-electron chi connectivity index (χ0n) is 11.0. The van der Waals surface area contributed by atoms with Gasteiger partial charge in [0.2, 0.25) is 0 Å². The topological polar surface area (TPSA) is 106 Å². The molecule has 4 N–H and O–H groups in total. The minimum absolute atomic E-state index is 0.0869. The Morgan fingerprint density at radius 3 is 2.68 bits per heavy atom. The molecule has 0 aromatic carbocycles. The highest BCUT2D eigenvalue weighted by atomic mass is 16.3. The molecule has 1 atom stereocenters. The molecule has 0 aliphatic heterocycles. The fourth-order valence-corrected chi connectivity index (χ4v) is 1.75. The smallest absolute Gasteiger partial charge is 0.329 e. The van der Waals surface area contributed by atoms with Crippen molar-refractivity contribution in [3.63, 3.8) is 0 Å². The zero-order chi connectivity index (χ0) is 14.2. The Morgan fingerprint density at radius 2 is 2.11 bits per heavy atom. The van der Waals surface area contributed by atoms with E-state index in [4.69, 9.17) is 10.2 Å². The number of nitrogens with zero attached hydrogens (tertiary/aromatic N) is 1. The Hall–Kier alpha value is -2.44. The minimum atomic E-state index is -0.547. The van der Waals surface area contributed by atoms with Gasteiger partial charge < -0.3 is 15.5 Å². The molecule has 2 aromatic rings. The van der Waals surface area contributed by atoms with Gasteiger partial charge in [0.15, 0.2) is 0 Å². The van der Waals surface area contributed by atoms with Crippen molar-refractivity contribution in [1.29, 1.82) is 0 Å². The number of hydrogen-bond acceptors (Lipinski definition) is 5. The van der Waals surface area contributed by atoms with Gasteiger partial charge in [-0.2, -0.15) is 0 Å². The van der Waals surface area contributed by atoms with Gasteiger partial charge >= 0.3 is 5.69 Å². The van der Waals surface area contributed by atoms with E-state index in [1.165, 1.54) is 11.6 Å². The molecule has 7 nitrogen and oxygen atoms in total. The molecule has 0 radical (unpaired) electrons. The maximum absolute atomic E-state index is 11.7. The maximum atomic E-state index is 11.7. The second kappa shape index (κ2) is 4.68. The zero-order valence-corrected chi connectivity index (χ0v) is 11.0. The first kappa shape index (κ1) is 13.0. The Morgan fingerprint density at radius 1 is 1.42 bits per heavy atom. The number of anilines is 2. The van der Waals surface area contributed by atoms with E-state index < -0.39 is 11.2 Å². The summed E-state index contributed by atoms with van der Waals surface area (Å²) >= 11 is 0. The third-order valence-corrected chi connectivity index (χ3v) is 2.92. The maximum Gasteiger partial charge on any atom is 0.329 e. The van der Waals surface area contributed by atoms with Crippen LogP contribution in [0, 0.1) is 6.92 Å². The first-order valence-corrected chi connectivity index (χ1v) is 5.81. The van der Waals surface area contributed by atoms with Gasteiger partial charge in [-0.15, -0.1) is 0 Å². The molecule has 2 aromatic heterocycles. The fraction of sp³-hybridized carbons (Fsp3) is 0.333. The number of furan rings is 1. The lowest BCUT2D eigenvalue weighted by Gasteiger charge is -2.15. The monoisotopic (exact) mass is 264 g/mol. The molecule has 7 heteroatoms. The molecule has 1 unspecified atom stereocenters. The van der Waals surface area contributed by atoms with Gasteiger partial charge in [0.05, 0.1) is 6.04 Å². The molecular weight excluding hydrogens is 248 g/mol. The predicted octanol–water partition coefficient (Wildman–Crippen LogP) is 0.730. The molecule has 0 spiro atoms. The van der Waals surface area contributed by atoms with E-state index in [2.05, 4.69) is 10.3 Å². The first-order chi connectivity index (χ1) is 8.90. The van der Waals surface area contributed by atoms with E-state index in [0.29, 0.717) is 5.76 Å². The SMILES string of the molecule is Cc1ccc(C(C)Nc2c(N)n(C)c(=O)[nH]c2=O)o1. The van der Waals surface area contributed by atoms with Crippen LogP contribution >= 0.6 is 0 Å². The van der Waals surface area contributed by atoms with Crippen molar-refractivity contribution >= 4 is 11.5 Å². The van der Waals surface area contributed by atoms with Crippen molar-refractivity contribution < 1.29 is 4.42 Å². The van der Waals surface area contributed by atoms with E-state index >= 15 is 0 Å². The van der Waals surface area contributed by atoms with Gasteiger partial charge in [-0.3, -0.25) is 14.3 Å². The number of nitrogen functional groups attached to an aromatic ring is 1. The molecule has 0 saturated heterocycles. The molecule has 2 rings (SSSR count). The van der Waals surface area contributed by atoms with Gasteiger partial charge in [0, 0.05) is 7.05 Å². The number of hydrogen-bond donors (Lipinski definition) is 3. The Bertz CT molecular complexity index is 710. The van der Waals surface area contributed by atoms with Gasteiger partial charge in [-0.25, -0.2) is 4.79 Å². The highest BCUT2D eigenvalue weighted by Gasteiger charge is 2.15. The highest BCUT2D eigenvalue weighted by molar-refractivity contribution is 5.60. The van der Waals surface area contributed by atoms with E-state index in [1.807, 2.05) is 26.0 Å². The van der Waals surface area contributed by atoms with E-state index in [9.17, 15) is 9.59 Å². The molecule has 0 aliphatic rings. The standard InChI is InChI=1S/C12H16N4O3/c1-6-4-5-8(19-6)7(2)14-9-10(13)16(3)12(18)15-11(9)17/h4-5,7,14H,13H2,1-3H3,(H,15,17,18). The Balaban J connectivity index is 2.37. The number of aromatic nitrogens is 2. The van der Waals surface area contributed by atoms with Crippen molar-refractivity contribution in [1.82, 2.24) is 9.55 Å².